The number of halogens is 23. The van der Waals surface area contributed by atoms with Crippen LogP contribution >= 0.6 is 0 Å². The second-order valence-electron chi connectivity index (χ2n) is 30.8. The molecule has 7 aromatic carbocycles. The van der Waals surface area contributed by atoms with Gasteiger partial charge in [0.2, 0.25) is 29.6 Å². The van der Waals surface area contributed by atoms with E-state index in [1.54, 1.807) is 46.2 Å². The van der Waals surface area contributed by atoms with Crippen molar-refractivity contribution in [2.75, 3.05) is 19.6 Å². The lowest BCUT2D eigenvalue weighted by Gasteiger charge is -2.37. The number of hydrogen-bond donors (Lipinski definition) is 0. The second kappa shape index (κ2) is 35.4. The maximum absolute atomic E-state index is 13.8. The molecule has 15 rings (SSSR count). The van der Waals surface area contributed by atoms with Crippen molar-refractivity contribution < 1.29 is 134 Å². The molecule has 0 aliphatic carbocycles. The Balaban J connectivity index is 0.000000160. The van der Waals surface area contributed by atoms with Crippen LogP contribution in [0.5, 0.6) is 0 Å². The molecule has 7 unspecified atom stereocenters. The number of carbonyl (C=O) groups is 4. The number of carbonyl (C=O) groups excluding carboxylic acids is 4. The summed E-state index contributed by atoms with van der Waals surface area (Å²) in [6.07, 6.45) is -29.2. The number of aldehydes is 1. The lowest BCUT2D eigenvalue weighted by molar-refractivity contribution is -0.145. The van der Waals surface area contributed by atoms with Crippen molar-refractivity contribution in [3.8, 4) is 0 Å². The molecule has 3 amide bonds. The van der Waals surface area contributed by atoms with E-state index >= 15 is 0 Å². The quantitative estimate of drug-likeness (QED) is 0.0527. The summed E-state index contributed by atoms with van der Waals surface area (Å²) in [7, 11) is 0. The van der Waals surface area contributed by atoms with Gasteiger partial charge in [-0.2, -0.15) is 87.8 Å². The zero-order valence-corrected chi connectivity index (χ0v) is 64.9. The van der Waals surface area contributed by atoms with Gasteiger partial charge in [0.05, 0.1) is 70.0 Å². The van der Waals surface area contributed by atoms with Crippen molar-refractivity contribution in [2.45, 2.75) is 162 Å². The number of hydrogen-bond acceptors (Lipinski definition) is 9. The number of nitrogens with zero attached hydrogens (tertiary/aromatic N) is 5. The third-order valence-corrected chi connectivity index (χ3v) is 22.9. The smallest absolute Gasteiger partial charge is 0.368 e. The molecule has 0 bridgehead atoms. The molecule has 6 aliphatic heterocycles. The molecule has 0 N–H and O–H groups in total. The summed E-state index contributed by atoms with van der Waals surface area (Å²) in [5.74, 6) is -6.12. The highest BCUT2D eigenvalue weighted by Crippen LogP contribution is 2.51. The average molecular weight is 1760 g/mol. The summed E-state index contributed by atoms with van der Waals surface area (Å²) in [6, 6.07) is 30.9. The Morgan fingerprint density at radius 1 is 0.363 bits per heavy atom. The van der Waals surface area contributed by atoms with Crippen molar-refractivity contribution in [3.05, 3.63) is 319 Å². The third kappa shape index (κ3) is 20.5. The van der Waals surface area contributed by atoms with E-state index < -0.39 is 178 Å². The number of piperidine rings is 1. The van der Waals surface area contributed by atoms with Crippen LogP contribution < -0.4 is 0 Å². The molecule has 9 aromatic rings. The molecule has 2 aromatic heterocycles. The van der Waals surface area contributed by atoms with Gasteiger partial charge in [0.25, 0.3) is 0 Å². The predicted octanol–water partition coefficient (Wildman–Crippen LogP) is 22.3. The minimum absolute atomic E-state index is 0.0184. The predicted molar refractivity (Wildman–Crippen MR) is 401 cm³/mol. The third-order valence-electron chi connectivity index (χ3n) is 22.9. The Labute approximate surface area is 692 Å². The van der Waals surface area contributed by atoms with Gasteiger partial charge in [-0.25, -0.2) is 23.1 Å². The van der Waals surface area contributed by atoms with Crippen LogP contribution in [0.25, 0.3) is 11.1 Å². The van der Waals surface area contributed by atoms with Gasteiger partial charge in [0.15, 0.2) is 0 Å². The minimum atomic E-state index is -5.03. The average Bonchev–Trinajstić information content (AvgIpc) is 1.61. The highest BCUT2D eigenvalue weighted by atomic mass is 19.4. The Morgan fingerprint density at radius 2 is 0.685 bits per heavy atom. The van der Waals surface area contributed by atoms with E-state index in [4.69, 9.17) is 14.2 Å². The van der Waals surface area contributed by atoms with E-state index in [9.17, 15) is 120 Å². The number of ether oxygens (including phenoxy) is 3. The molecular weight excluding hydrogens is 1690 g/mol. The fourth-order valence-corrected chi connectivity index (χ4v) is 17.0. The van der Waals surface area contributed by atoms with Crippen molar-refractivity contribution in [1.82, 2.24) is 24.7 Å². The van der Waals surface area contributed by atoms with Gasteiger partial charge in [-0.1, -0.05) is 60.7 Å². The standard InChI is InChI=1S/C31H24F7NO3.C29H24F8N2O2.C29H22F8N2O2/c1-17(21-10-23(30(33,34)35)14-24(11-21)31(36,37)38)42-27-15-39-26(29(27)20-6-8-25(32)9-7-20)12-22(13-28(39)41)19-4-2-18(16-40)3-5-19;2*1-15(18-8-20(28(32,33)34)13-21(9-18)29(35,36)37)41-24-14-39-23(27(24)16-2-4-22(30)5-3-16)10-19(12-26(39)40)17-6-7-38-25(31)11-17/h2-11,13-14,16-17,26-27,29H,12,15H2,1H3;2-9,11,13,15,19,23-24,27H,10,12,14H2,1H3;2-9,11-13,15,23-24,27H,10,14H2,1H3/t17-,26?,27?,29+;15-,19?,23?,24?,27+;15-,23?,24?,27+/m111/s1. The molecule has 8 heterocycles. The monoisotopic (exact) mass is 1760 g/mol. The number of alkyl halides is 18. The van der Waals surface area contributed by atoms with Crippen molar-refractivity contribution in [2.24, 2.45) is 0 Å². The van der Waals surface area contributed by atoms with Gasteiger partial charge >= 0.3 is 37.1 Å². The van der Waals surface area contributed by atoms with Crippen molar-refractivity contribution in [3.63, 3.8) is 0 Å². The van der Waals surface area contributed by atoms with E-state index in [0.29, 0.717) is 106 Å². The van der Waals surface area contributed by atoms with Gasteiger partial charge in [0, 0.05) is 98.1 Å². The number of benzene rings is 7. The first-order chi connectivity index (χ1) is 58.1. The summed E-state index contributed by atoms with van der Waals surface area (Å²) < 4.78 is 330. The normalized spacial score (nSPS) is 22.5. The van der Waals surface area contributed by atoms with E-state index in [2.05, 4.69) is 9.97 Å². The van der Waals surface area contributed by atoms with Gasteiger partial charge in [-0.15, -0.1) is 0 Å². The molecule has 35 heteroatoms. The van der Waals surface area contributed by atoms with Crippen LogP contribution in [0.3, 0.4) is 0 Å². The van der Waals surface area contributed by atoms with Crippen LogP contribution in [0, 0.1) is 29.3 Å². The van der Waals surface area contributed by atoms with Crippen molar-refractivity contribution >= 4 is 35.2 Å². The van der Waals surface area contributed by atoms with Crippen LogP contribution in [0.15, 0.2) is 200 Å². The van der Waals surface area contributed by atoms with E-state index in [-0.39, 0.29) is 85.1 Å². The lowest BCUT2D eigenvalue weighted by Crippen LogP contribution is -2.43. The molecule has 0 spiro atoms. The maximum atomic E-state index is 13.8. The topological polar surface area (TPSA) is 131 Å². The second-order valence-corrected chi connectivity index (χ2v) is 30.8. The SMILES string of the molecule is C[C@@H](OC1CN2C(=O)C=C(c3ccc(C=O)cc3)CC2[C@@H]1c1ccc(F)cc1)c1cc(C(F)(F)F)cc(C(F)(F)F)c1.C[C@@H](OC1CN2C(=O)C=C(c3ccnc(F)c3)CC2[C@@H]1c1ccc(F)cc1)c1cc(C(F)(F)F)cc(C(F)(F)F)c1.C[C@@H](OC1CN2C(=O)CC(c3ccnc(F)c3)CC2[C@@H]1c1ccc(F)cc1)c1cc(C(F)(F)F)cc(C(F)(F)F)c1. The zero-order valence-electron chi connectivity index (χ0n) is 64.9. The van der Waals surface area contributed by atoms with Crippen LogP contribution in [-0.4, -0.2) is 105 Å². The molecule has 0 radical (unpaired) electrons. The minimum Gasteiger partial charge on any atom is -0.368 e. The summed E-state index contributed by atoms with van der Waals surface area (Å²) in [4.78, 5) is 62.4. The van der Waals surface area contributed by atoms with E-state index in [0.717, 1.165) is 0 Å². The zero-order chi connectivity index (χ0) is 89.8. The Bertz CT molecular complexity index is 5300. The molecule has 0 saturated carbocycles. The molecule has 12 nitrogen and oxygen atoms in total. The summed E-state index contributed by atoms with van der Waals surface area (Å²) in [5.41, 5.74) is -4.60. The lowest BCUT2D eigenvalue weighted by atomic mass is 9.79. The molecule has 4 saturated heterocycles. The van der Waals surface area contributed by atoms with Crippen LogP contribution in [0.4, 0.5) is 101 Å². The number of pyridine rings is 2. The molecule has 654 valence electrons. The molecule has 6 aliphatic rings. The summed E-state index contributed by atoms with van der Waals surface area (Å²) >= 11 is 0. The van der Waals surface area contributed by atoms with Gasteiger partial charge in [-0.3, -0.25) is 19.2 Å². The van der Waals surface area contributed by atoms with Gasteiger partial charge < -0.3 is 28.9 Å². The first kappa shape index (κ1) is 90.4. The first-order valence-corrected chi connectivity index (χ1v) is 38.4. The first-order valence-electron chi connectivity index (χ1n) is 38.4. The van der Waals surface area contributed by atoms with E-state index in [1.165, 1.54) is 135 Å². The van der Waals surface area contributed by atoms with E-state index in [1.807, 2.05) is 0 Å². The number of fused-ring (bicyclic) bond motifs is 3. The highest BCUT2D eigenvalue weighted by molar-refractivity contribution is 5.99. The largest absolute Gasteiger partial charge is 0.416 e. The summed E-state index contributed by atoms with van der Waals surface area (Å²) in [5, 5.41) is 0. The maximum Gasteiger partial charge on any atom is 0.416 e. The number of aromatic nitrogens is 2. The molecule has 4 fully saturated rings. The van der Waals surface area contributed by atoms with Crippen LogP contribution in [-0.2, 0) is 65.7 Å². The fourth-order valence-electron chi connectivity index (χ4n) is 17.0. The Kier molecular flexibility index (Phi) is 25.8. The Morgan fingerprint density at radius 3 is 1.02 bits per heavy atom. The Hall–Kier alpha value is -11.3. The van der Waals surface area contributed by atoms with Crippen LogP contribution in [0.1, 0.15) is 182 Å². The van der Waals surface area contributed by atoms with Crippen molar-refractivity contribution in [1.29, 1.82) is 0 Å². The number of rotatable bonds is 16. The fraction of sp³-hybridized carbons (Fsp3) is 0.326. The van der Waals surface area contributed by atoms with Gasteiger partial charge in [-0.05, 0) is 216 Å². The summed E-state index contributed by atoms with van der Waals surface area (Å²) in [6.45, 7) is 4.07. The van der Waals surface area contributed by atoms with Gasteiger partial charge in [0.1, 0.15) is 23.7 Å². The highest BCUT2D eigenvalue weighted by Gasteiger charge is 2.53. The van der Waals surface area contributed by atoms with Crippen LogP contribution in [0.2, 0.25) is 0 Å². The number of amides is 3. The molecular formula is C89H70F23N5O7. The molecule has 124 heavy (non-hydrogen) atoms. The molecule has 13 atom stereocenters.